The van der Waals surface area contributed by atoms with Crippen LogP contribution in [0.25, 0.3) is 27.9 Å². The molecular weight excluding hydrogens is 451 g/mol. The predicted molar refractivity (Wildman–Crippen MR) is 134 cm³/mol. The molecule has 5 aromatic rings. The van der Waals surface area contributed by atoms with Gasteiger partial charge in [0, 0.05) is 27.4 Å². The van der Waals surface area contributed by atoms with Crippen molar-refractivity contribution >= 4 is 28.7 Å². The van der Waals surface area contributed by atoms with E-state index in [1.165, 1.54) is 0 Å². The van der Waals surface area contributed by atoms with Crippen LogP contribution in [0.3, 0.4) is 0 Å². The van der Waals surface area contributed by atoms with Gasteiger partial charge in [0.15, 0.2) is 0 Å². The molecule has 0 saturated heterocycles. The molecule has 0 radical (unpaired) electrons. The molecule has 0 bridgehead atoms. The molecule has 3 nitrogen and oxygen atoms in total. The van der Waals surface area contributed by atoms with Crippen LogP contribution in [-0.2, 0) is 0 Å². The summed E-state index contributed by atoms with van der Waals surface area (Å²) in [6.45, 7) is 0. The Bertz CT molecular complexity index is 1480. The molecule has 5 rings (SSSR count). The van der Waals surface area contributed by atoms with Gasteiger partial charge in [-0.3, -0.25) is 0 Å². The molecule has 0 spiro atoms. The highest BCUT2D eigenvalue weighted by molar-refractivity contribution is 6.31. The number of hydrogen-bond donors (Lipinski definition) is 1. The lowest BCUT2D eigenvalue weighted by Gasteiger charge is -2.15. The number of pyridine rings is 1. The standard InChI is InChI=1S/C28H18Cl2N2O/c29-22-10-6-19(7-11-22)25-26(28(33)21-4-2-1-3-5-21)24-16-18(17-31)14-15-32(24)27(25)20-8-12-23(30)13-9-20/h1-16,28,33H. The molecule has 3 aromatic carbocycles. The highest BCUT2D eigenvalue weighted by Gasteiger charge is 2.26. The summed E-state index contributed by atoms with van der Waals surface area (Å²) in [5, 5.41) is 22.4. The maximum Gasteiger partial charge on any atom is 0.107 e. The monoisotopic (exact) mass is 468 g/mol. The summed E-state index contributed by atoms with van der Waals surface area (Å²) in [5.74, 6) is 0. The van der Waals surface area contributed by atoms with E-state index in [1.54, 1.807) is 6.07 Å². The van der Waals surface area contributed by atoms with Crippen LogP contribution in [0.4, 0.5) is 0 Å². The fraction of sp³-hybridized carbons (Fsp3) is 0.0357. The number of halogens is 2. The van der Waals surface area contributed by atoms with Gasteiger partial charge in [0.05, 0.1) is 22.8 Å². The largest absolute Gasteiger partial charge is 0.384 e. The van der Waals surface area contributed by atoms with Crippen LogP contribution in [0.5, 0.6) is 0 Å². The summed E-state index contributed by atoms with van der Waals surface area (Å²) in [7, 11) is 0. The topological polar surface area (TPSA) is 48.4 Å². The molecule has 2 heterocycles. The van der Waals surface area contributed by atoms with Gasteiger partial charge in [0.1, 0.15) is 6.10 Å². The summed E-state index contributed by atoms with van der Waals surface area (Å²) in [6.07, 6.45) is 0.972. The van der Waals surface area contributed by atoms with Crippen molar-refractivity contribution in [3.05, 3.63) is 124 Å². The molecule has 160 valence electrons. The van der Waals surface area contributed by atoms with Crippen molar-refractivity contribution in [2.24, 2.45) is 0 Å². The Labute approximate surface area is 201 Å². The first-order valence-corrected chi connectivity index (χ1v) is 11.2. The molecule has 0 aliphatic heterocycles. The van der Waals surface area contributed by atoms with Crippen LogP contribution in [0, 0.1) is 11.3 Å². The normalized spacial score (nSPS) is 11.9. The maximum atomic E-state index is 11.6. The average Bonchev–Trinajstić information content (AvgIpc) is 3.19. The minimum atomic E-state index is -0.901. The molecule has 2 aromatic heterocycles. The lowest BCUT2D eigenvalue weighted by Crippen LogP contribution is -2.01. The number of hydrogen-bond acceptors (Lipinski definition) is 2. The first-order valence-electron chi connectivity index (χ1n) is 10.4. The Kier molecular flexibility index (Phi) is 5.66. The molecule has 1 N–H and O–H groups in total. The predicted octanol–water partition coefficient (Wildman–Crippen LogP) is 7.53. The number of aromatic nitrogens is 1. The fourth-order valence-corrected chi connectivity index (χ4v) is 4.48. The van der Waals surface area contributed by atoms with E-state index in [0.29, 0.717) is 15.6 Å². The molecule has 33 heavy (non-hydrogen) atoms. The Morgan fingerprint density at radius 3 is 2.00 bits per heavy atom. The maximum absolute atomic E-state index is 11.6. The zero-order chi connectivity index (χ0) is 22.9. The van der Waals surface area contributed by atoms with E-state index in [-0.39, 0.29) is 0 Å². The van der Waals surface area contributed by atoms with E-state index >= 15 is 0 Å². The molecule has 0 fully saturated rings. The van der Waals surface area contributed by atoms with Gasteiger partial charge in [-0.05, 0) is 53.1 Å². The van der Waals surface area contributed by atoms with Crippen LogP contribution >= 0.6 is 23.2 Å². The van der Waals surface area contributed by atoms with E-state index in [2.05, 4.69) is 6.07 Å². The van der Waals surface area contributed by atoms with Crippen LogP contribution in [0.15, 0.2) is 97.2 Å². The molecule has 1 unspecified atom stereocenters. The van der Waals surface area contributed by atoms with Gasteiger partial charge in [-0.1, -0.05) is 77.8 Å². The highest BCUT2D eigenvalue weighted by Crippen LogP contribution is 2.44. The molecule has 0 aliphatic rings. The summed E-state index contributed by atoms with van der Waals surface area (Å²) in [6, 6.07) is 30.5. The van der Waals surface area contributed by atoms with E-state index in [1.807, 2.05) is 95.5 Å². The minimum absolute atomic E-state index is 0.520. The second kappa shape index (κ2) is 8.77. The third-order valence-electron chi connectivity index (χ3n) is 5.75. The van der Waals surface area contributed by atoms with E-state index in [4.69, 9.17) is 23.2 Å². The molecule has 0 amide bonds. The number of rotatable bonds is 4. The van der Waals surface area contributed by atoms with Crippen molar-refractivity contribution in [3.63, 3.8) is 0 Å². The summed E-state index contributed by atoms with van der Waals surface area (Å²) in [4.78, 5) is 0. The average molecular weight is 469 g/mol. The number of nitrogens with zero attached hydrogens (tertiary/aromatic N) is 2. The Balaban J connectivity index is 1.92. The molecule has 5 heteroatoms. The fourth-order valence-electron chi connectivity index (χ4n) is 4.23. The van der Waals surface area contributed by atoms with Crippen LogP contribution in [0.2, 0.25) is 10.0 Å². The van der Waals surface area contributed by atoms with Crippen molar-refractivity contribution in [2.45, 2.75) is 6.10 Å². The first kappa shape index (κ1) is 21.3. The number of fused-ring (bicyclic) bond motifs is 1. The number of nitriles is 1. The van der Waals surface area contributed by atoms with Gasteiger partial charge in [-0.2, -0.15) is 5.26 Å². The second-order valence-electron chi connectivity index (χ2n) is 7.75. The summed E-state index contributed by atoms with van der Waals surface area (Å²) >= 11 is 12.4. The van der Waals surface area contributed by atoms with E-state index in [9.17, 15) is 10.4 Å². The quantitative estimate of drug-likeness (QED) is 0.296. The SMILES string of the molecule is N#Cc1ccn2c(-c3ccc(Cl)cc3)c(-c3ccc(Cl)cc3)c(C(O)c3ccccc3)c2c1. The van der Waals surface area contributed by atoms with Gasteiger partial charge in [0.25, 0.3) is 0 Å². The van der Waals surface area contributed by atoms with Gasteiger partial charge in [0.2, 0.25) is 0 Å². The molecular formula is C28H18Cl2N2O. The van der Waals surface area contributed by atoms with Crippen LogP contribution in [-0.4, -0.2) is 9.51 Å². The highest BCUT2D eigenvalue weighted by atomic mass is 35.5. The number of benzene rings is 3. The second-order valence-corrected chi connectivity index (χ2v) is 8.62. The zero-order valence-corrected chi connectivity index (χ0v) is 18.9. The zero-order valence-electron chi connectivity index (χ0n) is 17.4. The van der Waals surface area contributed by atoms with Crippen molar-refractivity contribution in [2.75, 3.05) is 0 Å². The van der Waals surface area contributed by atoms with E-state index in [0.717, 1.165) is 39.0 Å². The Hall–Kier alpha value is -3.55. The smallest absolute Gasteiger partial charge is 0.107 e. The molecule has 0 aliphatic carbocycles. The van der Waals surface area contributed by atoms with Gasteiger partial charge < -0.3 is 9.51 Å². The lowest BCUT2D eigenvalue weighted by molar-refractivity contribution is 0.222. The van der Waals surface area contributed by atoms with Gasteiger partial charge in [-0.25, -0.2) is 0 Å². The van der Waals surface area contributed by atoms with Crippen LogP contribution in [0.1, 0.15) is 22.8 Å². The van der Waals surface area contributed by atoms with Gasteiger partial charge in [-0.15, -0.1) is 0 Å². The van der Waals surface area contributed by atoms with Crippen molar-refractivity contribution in [1.82, 2.24) is 4.40 Å². The Morgan fingerprint density at radius 1 is 0.788 bits per heavy atom. The number of aliphatic hydroxyl groups excluding tert-OH is 1. The lowest BCUT2D eigenvalue weighted by atomic mass is 9.92. The van der Waals surface area contributed by atoms with E-state index < -0.39 is 6.10 Å². The first-order chi connectivity index (χ1) is 16.1. The minimum Gasteiger partial charge on any atom is -0.384 e. The summed E-state index contributed by atoms with van der Waals surface area (Å²) in [5.41, 5.74) is 6.41. The molecule has 0 saturated carbocycles. The van der Waals surface area contributed by atoms with Crippen molar-refractivity contribution in [3.8, 4) is 28.5 Å². The van der Waals surface area contributed by atoms with Gasteiger partial charge >= 0.3 is 0 Å². The summed E-state index contributed by atoms with van der Waals surface area (Å²) < 4.78 is 2.02. The van der Waals surface area contributed by atoms with Crippen molar-refractivity contribution < 1.29 is 5.11 Å². The third-order valence-corrected chi connectivity index (χ3v) is 6.25. The Morgan fingerprint density at radius 2 is 1.39 bits per heavy atom. The third kappa shape index (κ3) is 3.90. The molecule has 1 atom stereocenters. The van der Waals surface area contributed by atoms with Crippen LogP contribution < -0.4 is 0 Å². The number of aliphatic hydroxyl groups is 1. The van der Waals surface area contributed by atoms with Crippen molar-refractivity contribution in [1.29, 1.82) is 5.26 Å².